The molecule has 0 radical (unpaired) electrons. The van der Waals surface area contributed by atoms with Gasteiger partial charge in [0.2, 0.25) is 0 Å². The number of hydrogen-bond acceptors (Lipinski definition) is 4. The summed E-state index contributed by atoms with van der Waals surface area (Å²) in [5.41, 5.74) is 7.93. The largest absolute Gasteiger partial charge is 0.494 e. The third-order valence-electron chi connectivity index (χ3n) is 3.55. The van der Waals surface area contributed by atoms with Crippen molar-refractivity contribution in [3.8, 4) is 17.6 Å². The molecule has 0 unspecified atom stereocenters. The summed E-state index contributed by atoms with van der Waals surface area (Å²) in [5.74, 6) is 6.66. The Hall–Kier alpha value is -3.00. The number of anilines is 1. The molecule has 0 aliphatic carbocycles. The van der Waals surface area contributed by atoms with E-state index in [9.17, 15) is 4.79 Å². The molecule has 130 valence electrons. The van der Waals surface area contributed by atoms with E-state index >= 15 is 0 Å². The summed E-state index contributed by atoms with van der Waals surface area (Å²) in [6, 6.07) is 11.1. The highest BCUT2D eigenvalue weighted by atomic mass is 16.5. The van der Waals surface area contributed by atoms with Crippen LogP contribution in [0.25, 0.3) is 0 Å². The van der Waals surface area contributed by atoms with Gasteiger partial charge in [0.1, 0.15) is 11.6 Å². The Bertz CT molecular complexity index is 791. The van der Waals surface area contributed by atoms with Crippen LogP contribution in [0.5, 0.6) is 5.75 Å². The minimum Gasteiger partial charge on any atom is -0.494 e. The van der Waals surface area contributed by atoms with Crippen molar-refractivity contribution in [1.29, 1.82) is 0 Å². The van der Waals surface area contributed by atoms with Gasteiger partial charge in [-0.25, -0.2) is 4.98 Å². The fraction of sp³-hybridized carbons (Fsp3) is 0.300. The van der Waals surface area contributed by atoms with E-state index in [-0.39, 0.29) is 11.7 Å². The zero-order chi connectivity index (χ0) is 18.1. The minimum atomic E-state index is -0.241. The smallest absolute Gasteiger partial charge is 0.255 e. The number of nitrogens with one attached hydrogen (secondary N) is 1. The molecular formula is C20H23N3O2. The summed E-state index contributed by atoms with van der Waals surface area (Å²) in [4.78, 5) is 16.3. The van der Waals surface area contributed by atoms with E-state index in [0.717, 1.165) is 29.8 Å². The Kier molecular flexibility index (Phi) is 6.85. The first-order valence-electron chi connectivity index (χ1n) is 8.23. The first-order chi connectivity index (χ1) is 12.1. The molecule has 0 aliphatic rings. The minimum absolute atomic E-state index is 0.241. The predicted molar refractivity (Wildman–Crippen MR) is 99.2 cm³/mol. The van der Waals surface area contributed by atoms with Crippen molar-refractivity contribution in [2.24, 2.45) is 0 Å². The Morgan fingerprint density at radius 3 is 2.92 bits per heavy atom. The lowest BCUT2D eigenvalue weighted by Gasteiger charge is -2.10. The van der Waals surface area contributed by atoms with E-state index in [1.807, 2.05) is 38.1 Å². The molecule has 2 rings (SSSR count). The van der Waals surface area contributed by atoms with Gasteiger partial charge in [0.25, 0.3) is 5.91 Å². The number of ether oxygens (including phenoxy) is 1. The van der Waals surface area contributed by atoms with Gasteiger partial charge < -0.3 is 15.8 Å². The lowest BCUT2D eigenvalue weighted by Crippen LogP contribution is -2.24. The van der Waals surface area contributed by atoms with Crippen LogP contribution < -0.4 is 15.8 Å². The molecule has 1 aromatic heterocycles. The number of nitrogens with two attached hydrogens (primary N) is 1. The van der Waals surface area contributed by atoms with Crippen molar-refractivity contribution in [3.63, 3.8) is 0 Å². The summed E-state index contributed by atoms with van der Waals surface area (Å²) in [6.45, 7) is 4.68. The lowest BCUT2D eigenvalue weighted by atomic mass is 10.2. The summed E-state index contributed by atoms with van der Waals surface area (Å²) in [7, 11) is 0. The highest BCUT2D eigenvalue weighted by Gasteiger charge is 2.10. The Morgan fingerprint density at radius 1 is 1.32 bits per heavy atom. The van der Waals surface area contributed by atoms with E-state index in [0.29, 0.717) is 18.7 Å². The second kappa shape index (κ2) is 9.33. The van der Waals surface area contributed by atoms with Gasteiger partial charge in [0.15, 0.2) is 0 Å². The van der Waals surface area contributed by atoms with E-state index < -0.39 is 0 Å². The number of carbonyl (C=O) groups excluding carboxylic acids is 1. The fourth-order valence-electron chi connectivity index (χ4n) is 2.27. The summed E-state index contributed by atoms with van der Waals surface area (Å²) >= 11 is 0. The average molecular weight is 337 g/mol. The topological polar surface area (TPSA) is 77.2 Å². The van der Waals surface area contributed by atoms with E-state index in [4.69, 9.17) is 10.5 Å². The summed E-state index contributed by atoms with van der Waals surface area (Å²) in [6.07, 6.45) is 1.72. The Labute approximate surface area is 148 Å². The van der Waals surface area contributed by atoms with Crippen LogP contribution in [-0.2, 0) is 6.54 Å². The highest BCUT2D eigenvalue weighted by molar-refractivity contribution is 5.98. The predicted octanol–water partition coefficient (Wildman–Crippen LogP) is 3.08. The average Bonchev–Trinajstić information content (AvgIpc) is 2.60. The number of nitrogens with zero attached hydrogens (tertiary/aromatic N) is 1. The molecular weight excluding hydrogens is 314 g/mol. The number of aryl methyl sites for hydroxylation is 1. The van der Waals surface area contributed by atoms with E-state index in [1.54, 1.807) is 12.1 Å². The summed E-state index contributed by atoms with van der Waals surface area (Å²) in [5, 5.41) is 2.85. The van der Waals surface area contributed by atoms with Crippen molar-refractivity contribution in [2.75, 3.05) is 12.3 Å². The molecule has 0 atom stereocenters. The van der Waals surface area contributed by atoms with E-state index in [1.165, 1.54) is 0 Å². The molecule has 0 fully saturated rings. The normalized spacial score (nSPS) is 9.84. The SMILES string of the molecule is CC#CCCCOc1cccc(CNC(=O)c2ccc(C)nc2N)c1. The number of unbranched alkanes of at least 4 members (excludes halogenated alkanes) is 1. The van der Waals surface area contributed by atoms with Gasteiger partial charge in [-0.1, -0.05) is 12.1 Å². The molecule has 0 bridgehead atoms. The van der Waals surface area contributed by atoms with Crippen LogP contribution in [-0.4, -0.2) is 17.5 Å². The van der Waals surface area contributed by atoms with Gasteiger partial charge in [0, 0.05) is 18.7 Å². The molecule has 3 N–H and O–H groups in total. The van der Waals surface area contributed by atoms with Crippen LogP contribution in [0, 0.1) is 18.8 Å². The second-order valence-corrected chi connectivity index (χ2v) is 5.59. The number of hydrogen-bond donors (Lipinski definition) is 2. The number of rotatable bonds is 7. The van der Waals surface area contributed by atoms with Gasteiger partial charge >= 0.3 is 0 Å². The number of amides is 1. The van der Waals surface area contributed by atoms with Gasteiger partial charge in [0.05, 0.1) is 12.2 Å². The Morgan fingerprint density at radius 2 is 2.16 bits per heavy atom. The van der Waals surface area contributed by atoms with Gasteiger partial charge in [-0.15, -0.1) is 11.8 Å². The van der Waals surface area contributed by atoms with E-state index in [2.05, 4.69) is 22.1 Å². The maximum atomic E-state index is 12.2. The first kappa shape index (κ1) is 18.3. The summed E-state index contributed by atoms with van der Waals surface area (Å²) < 4.78 is 5.71. The van der Waals surface area contributed by atoms with Crippen LogP contribution in [0.4, 0.5) is 5.82 Å². The number of aromatic nitrogens is 1. The molecule has 1 heterocycles. The molecule has 0 aliphatic heterocycles. The number of benzene rings is 1. The quantitative estimate of drug-likeness (QED) is 0.601. The molecule has 5 nitrogen and oxygen atoms in total. The van der Waals surface area contributed by atoms with Gasteiger partial charge in [-0.2, -0.15) is 0 Å². The number of pyridine rings is 1. The molecule has 0 spiro atoms. The molecule has 1 amide bonds. The zero-order valence-corrected chi connectivity index (χ0v) is 14.6. The number of carbonyl (C=O) groups is 1. The first-order valence-corrected chi connectivity index (χ1v) is 8.23. The molecule has 2 aromatic rings. The van der Waals surface area contributed by atoms with Crippen LogP contribution in [0.2, 0.25) is 0 Å². The second-order valence-electron chi connectivity index (χ2n) is 5.59. The van der Waals surface area contributed by atoms with Gasteiger partial charge in [-0.3, -0.25) is 4.79 Å². The highest BCUT2D eigenvalue weighted by Crippen LogP contribution is 2.14. The van der Waals surface area contributed by atoms with Crippen molar-refractivity contribution in [1.82, 2.24) is 10.3 Å². The zero-order valence-electron chi connectivity index (χ0n) is 14.6. The van der Waals surface area contributed by atoms with Crippen molar-refractivity contribution < 1.29 is 9.53 Å². The van der Waals surface area contributed by atoms with Crippen LogP contribution in [0.3, 0.4) is 0 Å². The maximum Gasteiger partial charge on any atom is 0.255 e. The Balaban J connectivity index is 1.88. The number of nitrogen functional groups attached to an aromatic ring is 1. The van der Waals surface area contributed by atoms with Crippen LogP contribution in [0.1, 0.15) is 41.4 Å². The van der Waals surface area contributed by atoms with Crippen LogP contribution in [0.15, 0.2) is 36.4 Å². The van der Waals surface area contributed by atoms with Crippen molar-refractivity contribution >= 4 is 11.7 Å². The molecule has 1 aromatic carbocycles. The molecule has 0 saturated heterocycles. The van der Waals surface area contributed by atoms with Crippen molar-refractivity contribution in [3.05, 3.63) is 53.2 Å². The van der Waals surface area contributed by atoms with Crippen molar-refractivity contribution in [2.45, 2.75) is 33.2 Å². The third kappa shape index (κ3) is 5.85. The molecule has 25 heavy (non-hydrogen) atoms. The maximum absolute atomic E-state index is 12.2. The fourth-order valence-corrected chi connectivity index (χ4v) is 2.27. The third-order valence-corrected chi connectivity index (χ3v) is 3.55. The standard InChI is InChI=1S/C20H23N3O2/c1-3-4-5-6-12-25-17-9-7-8-16(13-17)14-22-20(24)18-11-10-15(2)23-19(18)21/h7-11,13H,5-6,12,14H2,1-2H3,(H2,21,23)(H,22,24). The van der Waals surface area contributed by atoms with Crippen LogP contribution >= 0.6 is 0 Å². The van der Waals surface area contributed by atoms with Gasteiger partial charge in [-0.05, 0) is 50.1 Å². The lowest BCUT2D eigenvalue weighted by molar-refractivity contribution is 0.0951. The molecule has 5 heteroatoms. The monoisotopic (exact) mass is 337 g/mol. The molecule has 0 saturated carbocycles.